The van der Waals surface area contributed by atoms with Gasteiger partial charge >= 0.3 is 0 Å². The molecule has 6 heteroatoms. The molecule has 0 aliphatic carbocycles. The van der Waals surface area contributed by atoms with E-state index in [0.717, 1.165) is 23.1 Å². The summed E-state index contributed by atoms with van der Waals surface area (Å²) in [6, 6.07) is 13.2. The maximum atomic E-state index is 14.0. The zero-order chi connectivity index (χ0) is 19.6. The number of nitrogens with zero attached hydrogens (tertiary/aromatic N) is 3. The first-order valence-electron chi connectivity index (χ1n) is 8.91. The fraction of sp³-hybridized carbons (Fsp3) is 0.333. The Bertz CT molecular complexity index is 909. The predicted molar refractivity (Wildman–Crippen MR) is 111 cm³/mol. The van der Waals surface area contributed by atoms with Gasteiger partial charge < -0.3 is 4.57 Å². The molecule has 0 aliphatic rings. The number of aromatic nitrogens is 3. The summed E-state index contributed by atoms with van der Waals surface area (Å²) in [5, 5.41) is 9.88. The molecule has 0 radical (unpaired) electrons. The van der Waals surface area contributed by atoms with Crippen LogP contribution in [0.5, 0.6) is 0 Å². The normalized spacial score (nSPS) is 11.8. The van der Waals surface area contributed by atoms with Gasteiger partial charge in [-0.2, -0.15) is 0 Å². The molecule has 3 rings (SSSR count). The van der Waals surface area contributed by atoms with Gasteiger partial charge in [-0.1, -0.05) is 74.5 Å². The first kappa shape index (κ1) is 19.9. The SMILES string of the molecule is CCn1c(SCc2c(F)cccc2Cl)nnc1-c1ccc(C(C)(C)C)cc1. The zero-order valence-corrected chi connectivity index (χ0v) is 17.5. The standard InChI is InChI=1S/C21H23ClFN3S/c1-5-26-19(14-9-11-15(12-10-14)21(2,3)4)24-25-20(26)27-13-16-17(22)7-6-8-18(16)23/h6-12H,5,13H2,1-4H3. The molecule has 0 fully saturated rings. The van der Waals surface area contributed by atoms with E-state index in [1.54, 1.807) is 12.1 Å². The Kier molecular flexibility index (Phi) is 5.92. The van der Waals surface area contributed by atoms with E-state index in [0.29, 0.717) is 16.3 Å². The summed E-state index contributed by atoms with van der Waals surface area (Å²) in [6.45, 7) is 9.37. The summed E-state index contributed by atoms with van der Waals surface area (Å²) in [7, 11) is 0. The van der Waals surface area contributed by atoms with E-state index >= 15 is 0 Å². The van der Waals surface area contributed by atoms with Gasteiger partial charge in [0.25, 0.3) is 0 Å². The van der Waals surface area contributed by atoms with E-state index in [4.69, 9.17) is 11.6 Å². The quantitative estimate of drug-likeness (QED) is 0.465. The minimum atomic E-state index is -0.296. The molecule has 0 atom stereocenters. The molecule has 27 heavy (non-hydrogen) atoms. The lowest BCUT2D eigenvalue weighted by atomic mass is 9.87. The second-order valence-corrected chi connectivity index (χ2v) is 8.72. The van der Waals surface area contributed by atoms with Crippen molar-refractivity contribution in [3.05, 3.63) is 64.4 Å². The highest BCUT2D eigenvalue weighted by Gasteiger charge is 2.17. The molecule has 142 valence electrons. The summed E-state index contributed by atoms with van der Waals surface area (Å²) in [5.41, 5.74) is 2.90. The van der Waals surface area contributed by atoms with Gasteiger partial charge in [0.15, 0.2) is 11.0 Å². The molecule has 0 amide bonds. The van der Waals surface area contributed by atoms with Crippen molar-refractivity contribution >= 4 is 23.4 Å². The lowest BCUT2D eigenvalue weighted by molar-refractivity contribution is 0.590. The second kappa shape index (κ2) is 8.03. The molecular formula is C21H23ClFN3S. The van der Waals surface area contributed by atoms with E-state index in [2.05, 4.69) is 62.2 Å². The van der Waals surface area contributed by atoms with Crippen LogP contribution in [0.4, 0.5) is 4.39 Å². The third-order valence-electron chi connectivity index (χ3n) is 4.45. The molecule has 0 spiro atoms. The van der Waals surface area contributed by atoms with Crippen LogP contribution in [0, 0.1) is 5.82 Å². The van der Waals surface area contributed by atoms with Gasteiger partial charge in [-0.15, -0.1) is 10.2 Å². The highest BCUT2D eigenvalue weighted by atomic mass is 35.5. The van der Waals surface area contributed by atoms with Crippen LogP contribution >= 0.6 is 23.4 Å². The van der Waals surface area contributed by atoms with Crippen molar-refractivity contribution in [3.8, 4) is 11.4 Å². The van der Waals surface area contributed by atoms with E-state index in [1.807, 2.05) is 4.57 Å². The fourth-order valence-corrected chi connectivity index (χ4v) is 4.17. The molecule has 0 saturated carbocycles. The largest absolute Gasteiger partial charge is 0.302 e. The van der Waals surface area contributed by atoms with Crippen molar-refractivity contribution in [3.63, 3.8) is 0 Å². The lowest BCUT2D eigenvalue weighted by Gasteiger charge is -2.19. The maximum Gasteiger partial charge on any atom is 0.191 e. The Hall–Kier alpha value is -1.85. The first-order valence-corrected chi connectivity index (χ1v) is 10.3. The third kappa shape index (κ3) is 4.36. The van der Waals surface area contributed by atoms with Crippen LogP contribution < -0.4 is 0 Å². The Balaban J connectivity index is 1.85. The summed E-state index contributed by atoms with van der Waals surface area (Å²) in [6.07, 6.45) is 0. The Morgan fingerprint density at radius 1 is 1.07 bits per heavy atom. The van der Waals surface area contributed by atoms with Gasteiger partial charge in [-0.25, -0.2) is 4.39 Å². The topological polar surface area (TPSA) is 30.7 Å². The molecule has 0 bridgehead atoms. The summed E-state index contributed by atoms with van der Waals surface area (Å²) < 4.78 is 16.0. The first-order chi connectivity index (χ1) is 12.8. The van der Waals surface area contributed by atoms with Crippen molar-refractivity contribution in [1.29, 1.82) is 0 Å². The molecule has 0 unspecified atom stereocenters. The molecule has 0 aliphatic heterocycles. The van der Waals surface area contributed by atoms with Crippen molar-refractivity contribution in [2.75, 3.05) is 0 Å². The van der Waals surface area contributed by atoms with Crippen LogP contribution in [-0.2, 0) is 17.7 Å². The minimum Gasteiger partial charge on any atom is -0.302 e. The van der Waals surface area contributed by atoms with E-state index in [9.17, 15) is 4.39 Å². The van der Waals surface area contributed by atoms with Crippen LogP contribution in [0.25, 0.3) is 11.4 Å². The van der Waals surface area contributed by atoms with Crippen molar-refractivity contribution in [1.82, 2.24) is 14.8 Å². The van der Waals surface area contributed by atoms with Crippen LogP contribution in [0.1, 0.15) is 38.8 Å². The lowest BCUT2D eigenvalue weighted by Crippen LogP contribution is -2.10. The molecular weight excluding hydrogens is 381 g/mol. The third-order valence-corrected chi connectivity index (χ3v) is 5.80. The number of halogens is 2. The minimum absolute atomic E-state index is 0.108. The molecule has 1 aromatic heterocycles. The smallest absolute Gasteiger partial charge is 0.191 e. The molecule has 0 N–H and O–H groups in total. The van der Waals surface area contributed by atoms with Gasteiger partial charge in [0.1, 0.15) is 5.82 Å². The molecule has 0 saturated heterocycles. The number of thioether (sulfide) groups is 1. The Labute approximate surface area is 169 Å². The molecule has 3 aromatic rings. The summed E-state index contributed by atoms with van der Waals surface area (Å²) in [5.74, 6) is 0.933. The molecule has 1 heterocycles. The second-order valence-electron chi connectivity index (χ2n) is 7.37. The number of rotatable bonds is 5. The van der Waals surface area contributed by atoms with E-state index in [1.165, 1.54) is 23.4 Å². The zero-order valence-electron chi connectivity index (χ0n) is 16.0. The van der Waals surface area contributed by atoms with Crippen LogP contribution in [0.2, 0.25) is 5.02 Å². The average Bonchev–Trinajstić information content (AvgIpc) is 3.03. The monoisotopic (exact) mass is 403 g/mol. The highest BCUT2D eigenvalue weighted by Crippen LogP contribution is 2.31. The van der Waals surface area contributed by atoms with E-state index in [-0.39, 0.29) is 11.2 Å². The van der Waals surface area contributed by atoms with Gasteiger partial charge in [-0.3, -0.25) is 0 Å². The Morgan fingerprint density at radius 2 is 1.78 bits per heavy atom. The molecule has 2 aromatic carbocycles. The maximum absolute atomic E-state index is 14.0. The van der Waals surface area contributed by atoms with Crippen molar-refractivity contribution < 1.29 is 4.39 Å². The molecule has 3 nitrogen and oxygen atoms in total. The summed E-state index contributed by atoms with van der Waals surface area (Å²) in [4.78, 5) is 0. The summed E-state index contributed by atoms with van der Waals surface area (Å²) >= 11 is 7.57. The Morgan fingerprint density at radius 3 is 2.37 bits per heavy atom. The fourth-order valence-electron chi connectivity index (χ4n) is 2.82. The number of hydrogen-bond donors (Lipinski definition) is 0. The van der Waals surface area contributed by atoms with Crippen molar-refractivity contribution in [2.24, 2.45) is 0 Å². The predicted octanol–water partition coefficient (Wildman–Crippen LogP) is 6.35. The van der Waals surface area contributed by atoms with Crippen LogP contribution in [0.3, 0.4) is 0 Å². The number of hydrogen-bond acceptors (Lipinski definition) is 3. The van der Waals surface area contributed by atoms with E-state index < -0.39 is 0 Å². The average molecular weight is 404 g/mol. The van der Waals surface area contributed by atoms with Crippen LogP contribution in [0.15, 0.2) is 47.6 Å². The van der Waals surface area contributed by atoms with Gasteiger partial charge in [0, 0.05) is 28.4 Å². The van der Waals surface area contributed by atoms with Gasteiger partial charge in [0.2, 0.25) is 0 Å². The highest BCUT2D eigenvalue weighted by molar-refractivity contribution is 7.98. The van der Waals surface area contributed by atoms with Crippen LogP contribution in [-0.4, -0.2) is 14.8 Å². The van der Waals surface area contributed by atoms with Crippen molar-refractivity contribution in [2.45, 2.75) is 50.6 Å². The number of benzene rings is 2. The van der Waals surface area contributed by atoms with Gasteiger partial charge in [-0.05, 0) is 30.0 Å². The van der Waals surface area contributed by atoms with Gasteiger partial charge in [0.05, 0.1) is 0 Å².